The Hall–Kier alpha value is -2.88. The van der Waals surface area contributed by atoms with Gasteiger partial charge in [0.15, 0.2) is 0 Å². The molecular weight excluding hydrogens is 252 g/mol. The molecule has 0 saturated heterocycles. The van der Waals surface area contributed by atoms with E-state index < -0.39 is 0 Å². The second-order valence-electron chi connectivity index (χ2n) is 4.07. The van der Waals surface area contributed by atoms with Gasteiger partial charge in [0.25, 0.3) is 0 Å². The molecule has 0 N–H and O–H groups in total. The van der Waals surface area contributed by atoms with E-state index in [2.05, 4.69) is 9.98 Å². The highest BCUT2D eigenvalue weighted by molar-refractivity contribution is 5.80. The Labute approximate surface area is 116 Å². The Bertz CT molecular complexity index is 651. The first kappa shape index (κ1) is 12.2. The molecule has 4 heteroatoms. The fourth-order valence-corrected chi connectivity index (χ4v) is 1.66. The van der Waals surface area contributed by atoms with Gasteiger partial charge in [-0.2, -0.15) is 0 Å². The lowest BCUT2D eigenvalue weighted by molar-refractivity contribution is 0.560. The molecule has 0 atom stereocenters. The Morgan fingerprint density at radius 2 is 1.25 bits per heavy atom. The minimum Gasteiger partial charge on any atom is -0.463 e. The maximum atomic E-state index is 5.19. The summed E-state index contributed by atoms with van der Waals surface area (Å²) in [5.41, 5.74) is 1.63. The largest absolute Gasteiger partial charge is 0.463 e. The van der Waals surface area contributed by atoms with Crippen molar-refractivity contribution in [3.05, 3.63) is 72.6 Å². The lowest BCUT2D eigenvalue weighted by Gasteiger charge is -1.95. The van der Waals surface area contributed by atoms with Crippen molar-refractivity contribution in [1.29, 1.82) is 0 Å². The maximum absolute atomic E-state index is 5.19. The molecule has 1 aromatic carbocycles. The van der Waals surface area contributed by atoms with Crippen LogP contribution in [0.4, 0.5) is 11.4 Å². The third kappa shape index (κ3) is 3.11. The Morgan fingerprint density at radius 3 is 1.70 bits per heavy atom. The standard InChI is InChI=1S/C16H12N2O2/c1-4-13(17-11-15-6-2-8-19-15)10-14(5-1)18-12-16-7-3-9-20-16/h1-12H. The van der Waals surface area contributed by atoms with Crippen LogP contribution in [0.25, 0.3) is 0 Å². The quantitative estimate of drug-likeness (QED) is 0.657. The van der Waals surface area contributed by atoms with E-state index in [9.17, 15) is 0 Å². The van der Waals surface area contributed by atoms with Crippen LogP contribution in [0.1, 0.15) is 11.5 Å². The SMILES string of the molecule is C(=Nc1cccc(N=Cc2ccco2)c1)c1ccco1. The second-order valence-corrected chi connectivity index (χ2v) is 4.07. The number of aliphatic imine (C=N–C) groups is 2. The Morgan fingerprint density at radius 1 is 0.700 bits per heavy atom. The molecule has 0 fully saturated rings. The smallest absolute Gasteiger partial charge is 0.144 e. The second kappa shape index (κ2) is 5.84. The lowest BCUT2D eigenvalue weighted by Crippen LogP contribution is -1.75. The summed E-state index contributed by atoms with van der Waals surface area (Å²) in [5.74, 6) is 1.43. The summed E-state index contributed by atoms with van der Waals surface area (Å²) in [6, 6.07) is 15.0. The molecular formula is C16H12N2O2. The average Bonchev–Trinajstić information content (AvgIpc) is 3.17. The topological polar surface area (TPSA) is 51.0 Å². The number of nitrogens with zero attached hydrogens (tertiary/aromatic N) is 2. The molecule has 3 aromatic rings. The van der Waals surface area contributed by atoms with Crippen molar-refractivity contribution >= 4 is 23.8 Å². The van der Waals surface area contributed by atoms with E-state index in [1.807, 2.05) is 48.5 Å². The van der Waals surface area contributed by atoms with Crippen LogP contribution < -0.4 is 0 Å². The molecule has 0 saturated carbocycles. The highest BCUT2D eigenvalue weighted by Crippen LogP contribution is 2.20. The zero-order valence-corrected chi connectivity index (χ0v) is 10.6. The normalized spacial score (nSPS) is 11.6. The molecule has 0 spiro atoms. The first-order valence-corrected chi connectivity index (χ1v) is 6.15. The number of furan rings is 2. The van der Waals surface area contributed by atoms with Crippen LogP contribution in [0.15, 0.2) is 79.9 Å². The molecule has 0 aliphatic rings. The van der Waals surface area contributed by atoms with Gasteiger partial charge in [-0.1, -0.05) is 6.07 Å². The number of benzene rings is 1. The molecule has 0 aliphatic heterocycles. The minimum absolute atomic E-state index is 0.717. The summed E-state index contributed by atoms with van der Waals surface area (Å²) in [7, 11) is 0. The van der Waals surface area contributed by atoms with E-state index in [-0.39, 0.29) is 0 Å². The third-order valence-corrected chi connectivity index (χ3v) is 2.60. The van der Waals surface area contributed by atoms with Crippen LogP contribution in [-0.2, 0) is 0 Å². The predicted molar refractivity (Wildman–Crippen MR) is 78.4 cm³/mol. The molecule has 0 aliphatic carbocycles. The predicted octanol–water partition coefficient (Wildman–Crippen LogP) is 4.37. The molecule has 20 heavy (non-hydrogen) atoms. The van der Waals surface area contributed by atoms with Crippen LogP contribution in [0.3, 0.4) is 0 Å². The molecule has 2 heterocycles. The van der Waals surface area contributed by atoms with Gasteiger partial charge in [-0.15, -0.1) is 0 Å². The Kier molecular flexibility index (Phi) is 3.55. The third-order valence-electron chi connectivity index (χ3n) is 2.60. The first-order valence-electron chi connectivity index (χ1n) is 6.15. The van der Waals surface area contributed by atoms with Crippen LogP contribution in [0.5, 0.6) is 0 Å². The van der Waals surface area contributed by atoms with E-state index in [1.165, 1.54) is 0 Å². The van der Waals surface area contributed by atoms with Gasteiger partial charge >= 0.3 is 0 Å². The average molecular weight is 264 g/mol. The molecule has 98 valence electrons. The fraction of sp³-hybridized carbons (Fsp3) is 0. The summed E-state index contributed by atoms with van der Waals surface area (Å²) in [5, 5.41) is 0. The van der Waals surface area contributed by atoms with E-state index in [0.717, 1.165) is 22.9 Å². The Balaban J connectivity index is 1.76. The van der Waals surface area contributed by atoms with Gasteiger partial charge in [0.05, 0.1) is 36.3 Å². The van der Waals surface area contributed by atoms with Crippen molar-refractivity contribution in [2.75, 3.05) is 0 Å². The minimum atomic E-state index is 0.717. The van der Waals surface area contributed by atoms with E-state index >= 15 is 0 Å². The fourth-order valence-electron chi connectivity index (χ4n) is 1.66. The van der Waals surface area contributed by atoms with E-state index in [4.69, 9.17) is 8.83 Å². The number of hydrogen-bond acceptors (Lipinski definition) is 4. The molecule has 0 bridgehead atoms. The lowest BCUT2D eigenvalue weighted by atomic mass is 10.3. The molecule has 2 aromatic heterocycles. The van der Waals surface area contributed by atoms with Crippen LogP contribution in [0, 0.1) is 0 Å². The van der Waals surface area contributed by atoms with Crippen molar-refractivity contribution in [1.82, 2.24) is 0 Å². The molecule has 0 radical (unpaired) electrons. The van der Waals surface area contributed by atoms with Gasteiger partial charge in [-0.25, -0.2) is 0 Å². The zero-order valence-electron chi connectivity index (χ0n) is 10.6. The van der Waals surface area contributed by atoms with E-state index in [1.54, 1.807) is 25.0 Å². The zero-order chi connectivity index (χ0) is 13.6. The van der Waals surface area contributed by atoms with Crippen molar-refractivity contribution < 1.29 is 8.83 Å². The highest BCUT2D eigenvalue weighted by atomic mass is 16.3. The molecule has 0 unspecified atom stereocenters. The number of rotatable bonds is 4. The van der Waals surface area contributed by atoms with Gasteiger partial charge in [0.2, 0.25) is 0 Å². The number of hydrogen-bond donors (Lipinski definition) is 0. The van der Waals surface area contributed by atoms with Crippen molar-refractivity contribution in [3.63, 3.8) is 0 Å². The van der Waals surface area contributed by atoms with Crippen molar-refractivity contribution in [2.24, 2.45) is 9.98 Å². The van der Waals surface area contributed by atoms with Gasteiger partial charge in [-0.05, 0) is 42.5 Å². The summed E-state index contributed by atoms with van der Waals surface area (Å²) < 4.78 is 10.4. The van der Waals surface area contributed by atoms with Gasteiger partial charge in [0.1, 0.15) is 11.5 Å². The van der Waals surface area contributed by atoms with Crippen LogP contribution in [-0.4, -0.2) is 12.4 Å². The van der Waals surface area contributed by atoms with Crippen molar-refractivity contribution in [3.8, 4) is 0 Å². The van der Waals surface area contributed by atoms with E-state index in [0.29, 0.717) is 0 Å². The van der Waals surface area contributed by atoms with Gasteiger partial charge in [0, 0.05) is 0 Å². The van der Waals surface area contributed by atoms with Gasteiger partial charge < -0.3 is 8.83 Å². The van der Waals surface area contributed by atoms with Gasteiger partial charge in [-0.3, -0.25) is 9.98 Å². The molecule has 3 rings (SSSR count). The van der Waals surface area contributed by atoms with Crippen molar-refractivity contribution in [2.45, 2.75) is 0 Å². The highest BCUT2D eigenvalue weighted by Gasteiger charge is 1.94. The molecule has 4 nitrogen and oxygen atoms in total. The summed E-state index contributed by atoms with van der Waals surface area (Å²) in [4.78, 5) is 8.68. The molecule has 0 amide bonds. The maximum Gasteiger partial charge on any atom is 0.144 e. The first-order chi connectivity index (χ1) is 9.90. The summed E-state index contributed by atoms with van der Waals surface area (Å²) in [6.07, 6.45) is 6.58. The summed E-state index contributed by atoms with van der Waals surface area (Å²) in [6.45, 7) is 0. The van der Waals surface area contributed by atoms with Crippen LogP contribution >= 0.6 is 0 Å². The summed E-state index contributed by atoms with van der Waals surface area (Å²) >= 11 is 0. The van der Waals surface area contributed by atoms with Crippen LogP contribution in [0.2, 0.25) is 0 Å². The monoisotopic (exact) mass is 264 g/mol.